The quantitative estimate of drug-likeness (QED) is 0.0328. The number of sulfonamides is 1. The minimum atomic E-state index is -3.72. The molecular formula is C46H50IN9O8S. The number of fused-ring (bicyclic) bond motifs is 1. The van der Waals surface area contributed by atoms with Crippen molar-refractivity contribution in [3.8, 4) is 11.5 Å². The zero-order valence-electron chi connectivity index (χ0n) is 36.1. The fraction of sp³-hybridized carbons (Fsp3) is 0.304. The molecule has 1 aromatic heterocycles. The summed E-state index contributed by atoms with van der Waals surface area (Å²) in [5.74, 6) is 1.06. The zero-order chi connectivity index (χ0) is 46.1. The van der Waals surface area contributed by atoms with E-state index < -0.39 is 27.5 Å². The Morgan fingerprint density at radius 2 is 1.66 bits per heavy atom. The molecule has 0 unspecified atom stereocenters. The Morgan fingerprint density at radius 1 is 0.908 bits per heavy atom. The summed E-state index contributed by atoms with van der Waals surface area (Å²) in [6.07, 6.45) is 3.46. The van der Waals surface area contributed by atoms with Crippen molar-refractivity contribution in [3.63, 3.8) is 0 Å². The number of aromatic nitrogens is 2. The van der Waals surface area contributed by atoms with E-state index in [4.69, 9.17) is 9.47 Å². The van der Waals surface area contributed by atoms with E-state index in [1.54, 1.807) is 69.4 Å². The summed E-state index contributed by atoms with van der Waals surface area (Å²) in [6, 6.07) is 25.8. The molecule has 4 aromatic carbocycles. The highest BCUT2D eigenvalue weighted by Gasteiger charge is 2.39. The van der Waals surface area contributed by atoms with Crippen molar-refractivity contribution in [2.45, 2.75) is 82.6 Å². The lowest BCUT2D eigenvalue weighted by Gasteiger charge is -2.24. The highest BCUT2D eigenvalue weighted by molar-refractivity contribution is 14.1. The van der Waals surface area contributed by atoms with Gasteiger partial charge in [0.1, 0.15) is 30.0 Å². The van der Waals surface area contributed by atoms with E-state index in [1.807, 2.05) is 48.5 Å². The Morgan fingerprint density at radius 3 is 2.43 bits per heavy atom. The van der Waals surface area contributed by atoms with Crippen molar-refractivity contribution < 1.29 is 37.1 Å². The number of rotatable bonds is 17. The average Bonchev–Trinajstić information content (AvgIpc) is 3.50. The first-order chi connectivity index (χ1) is 31.1. The number of carbonyl (C=O) groups is 4. The fourth-order valence-corrected chi connectivity index (χ4v) is 8.98. The van der Waals surface area contributed by atoms with E-state index in [2.05, 4.69) is 63.9 Å². The normalized spacial score (nSPS) is 15.1. The Labute approximate surface area is 391 Å². The molecule has 6 N–H and O–H groups in total. The largest absolute Gasteiger partial charge is 0.494 e. The zero-order valence-corrected chi connectivity index (χ0v) is 39.0. The van der Waals surface area contributed by atoms with Gasteiger partial charge in [-0.05, 0) is 128 Å². The minimum Gasteiger partial charge on any atom is -0.494 e. The number of ether oxygens (including phenoxy) is 2. The van der Waals surface area contributed by atoms with Crippen LogP contribution in [0.1, 0.15) is 73.5 Å². The monoisotopic (exact) mass is 1020 g/mol. The van der Waals surface area contributed by atoms with Crippen LogP contribution in [0.2, 0.25) is 0 Å². The molecule has 1 saturated heterocycles. The number of urea groups is 1. The molecule has 5 amide bonds. The number of imide groups is 1. The molecule has 17 nitrogen and oxygen atoms in total. The molecular weight excluding hydrogens is 966 g/mol. The smallest absolute Gasteiger partial charge is 0.315 e. The molecule has 2 aliphatic heterocycles. The van der Waals surface area contributed by atoms with Crippen LogP contribution in [0.5, 0.6) is 11.5 Å². The molecule has 0 saturated carbocycles. The first kappa shape index (κ1) is 46.7. The van der Waals surface area contributed by atoms with Crippen LogP contribution in [0, 0.1) is 3.57 Å². The molecule has 0 bridgehead atoms. The Balaban J connectivity index is 0.798. The molecule has 3 heterocycles. The molecule has 5 aromatic rings. The molecule has 0 radical (unpaired) electrons. The van der Waals surface area contributed by atoms with Crippen molar-refractivity contribution in [2.24, 2.45) is 0 Å². The maximum atomic E-state index is 13.2. The number of anilines is 4. The Hall–Kier alpha value is -6.32. The highest BCUT2D eigenvalue weighted by atomic mass is 127. The summed E-state index contributed by atoms with van der Waals surface area (Å²) < 4.78 is 41.2. The van der Waals surface area contributed by atoms with Gasteiger partial charge in [-0.25, -0.2) is 22.9 Å². The summed E-state index contributed by atoms with van der Waals surface area (Å²) in [6.45, 7) is 6.97. The van der Waals surface area contributed by atoms with Crippen LogP contribution in [0.15, 0.2) is 102 Å². The topological polar surface area (TPSA) is 222 Å². The molecule has 65 heavy (non-hydrogen) atoms. The maximum absolute atomic E-state index is 13.2. The van der Waals surface area contributed by atoms with Gasteiger partial charge in [0.15, 0.2) is 0 Å². The van der Waals surface area contributed by atoms with Crippen molar-refractivity contribution in [3.05, 3.63) is 123 Å². The predicted octanol–water partition coefficient (Wildman–Crippen LogP) is 6.64. The van der Waals surface area contributed by atoms with Gasteiger partial charge in [-0.2, -0.15) is 4.98 Å². The number of hydrogen-bond acceptors (Lipinski definition) is 12. The second kappa shape index (κ2) is 20.7. The van der Waals surface area contributed by atoms with Crippen LogP contribution in [-0.4, -0.2) is 71.8 Å². The number of carbonyl (C=O) groups excluding carboxylic acids is 4. The number of nitrogens with one attached hydrogen (secondary N) is 6. The minimum absolute atomic E-state index is 0.137. The van der Waals surface area contributed by atoms with Crippen molar-refractivity contribution in [2.75, 3.05) is 23.8 Å². The van der Waals surface area contributed by atoms with E-state index in [9.17, 15) is 27.6 Å². The summed E-state index contributed by atoms with van der Waals surface area (Å²) >= 11 is 2.11. The maximum Gasteiger partial charge on any atom is 0.315 e. The lowest BCUT2D eigenvalue weighted by molar-refractivity contribution is -0.132. The first-order valence-corrected chi connectivity index (χ1v) is 23.6. The molecule has 7 rings (SSSR count). The lowest BCUT2D eigenvalue weighted by atomic mass is 10.1. The summed E-state index contributed by atoms with van der Waals surface area (Å²) in [5.41, 5.74) is 3.68. The van der Waals surface area contributed by atoms with Crippen LogP contribution in [0.3, 0.4) is 0 Å². The molecule has 340 valence electrons. The van der Waals surface area contributed by atoms with Gasteiger partial charge in [0.05, 0.1) is 21.6 Å². The van der Waals surface area contributed by atoms with Gasteiger partial charge in [0, 0.05) is 53.7 Å². The SMILES string of the molecule is CC(C)(C)NS(=O)(=O)c1cccc(Nc2nc(Nc3ccc(OCCCNC(=O)NCc4ccc(COc5cccc6c5CN([C@H]5CCCC(=O)NC5=O)C6=O)cc4)cc3)ncc2I)c1. The summed E-state index contributed by atoms with van der Waals surface area (Å²) in [4.78, 5) is 60.8. The lowest BCUT2D eigenvalue weighted by Crippen LogP contribution is -2.46. The van der Waals surface area contributed by atoms with Crippen LogP contribution in [0.4, 0.5) is 27.9 Å². The highest BCUT2D eigenvalue weighted by Crippen LogP contribution is 2.34. The van der Waals surface area contributed by atoms with Crippen molar-refractivity contribution >= 4 is 79.5 Å². The van der Waals surface area contributed by atoms with Gasteiger partial charge >= 0.3 is 6.03 Å². The first-order valence-electron chi connectivity index (χ1n) is 21.0. The second-order valence-corrected chi connectivity index (χ2v) is 19.3. The van der Waals surface area contributed by atoms with Crippen molar-refractivity contribution in [1.29, 1.82) is 0 Å². The van der Waals surface area contributed by atoms with Gasteiger partial charge < -0.3 is 35.6 Å². The Kier molecular flexibility index (Phi) is 14.8. The van der Waals surface area contributed by atoms with E-state index in [0.717, 1.165) is 25.9 Å². The number of nitrogens with zero attached hydrogens (tertiary/aromatic N) is 3. The van der Waals surface area contributed by atoms with E-state index in [1.165, 1.54) is 4.90 Å². The third-order valence-electron chi connectivity index (χ3n) is 10.2. The van der Waals surface area contributed by atoms with E-state index in [-0.39, 0.29) is 42.3 Å². The van der Waals surface area contributed by atoms with Crippen LogP contribution < -0.4 is 40.8 Å². The third kappa shape index (κ3) is 12.7. The number of halogens is 1. The summed E-state index contributed by atoms with van der Waals surface area (Å²) in [7, 11) is -3.72. The van der Waals surface area contributed by atoms with Gasteiger partial charge in [-0.1, -0.05) is 36.4 Å². The van der Waals surface area contributed by atoms with Gasteiger partial charge in [-0.15, -0.1) is 0 Å². The van der Waals surface area contributed by atoms with Crippen LogP contribution in [0.25, 0.3) is 0 Å². The van der Waals surface area contributed by atoms with Crippen LogP contribution in [-0.2, 0) is 39.3 Å². The van der Waals surface area contributed by atoms with E-state index in [0.29, 0.717) is 73.5 Å². The van der Waals surface area contributed by atoms with Crippen LogP contribution >= 0.6 is 22.6 Å². The molecule has 0 spiro atoms. The van der Waals surface area contributed by atoms with Gasteiger partial charge in [-0.3, -0.25) is 19.7 Å². The van der Waals surface area contributed by atoms with E-state index >= 15 is 0 Å². The molecule has 2 aliphatic rings. The van der Waals surface area contributed by atoms with Crippen molar-refractivity contribution in [1.82, 2.24) is 35.5 Å². The second-order valence-electron chi connectivity index (χ2n) is 16.5. The molecule has 0 aliphatic carbocycles. The molecule has 1 fully saturated rings. The van der Waals surface area contributed by atoms with Gasteiger partial charge in [0.2, 0.25) is 27.8 Å². The standard InChI is InChI=1S/C46H50IN9O8S/c1-46(2,3)55-65(61,62)34-9-4-8-32(24-34)51-41-37(47)26-49-44(54-41)52-31-18-20-33(21-19-31)63-23-7-22-48-45(60)50-25-29-14-16-30(17-15-29)28-64-39-12-5-10-35-36(39)27-56(43(35)59)38-11-6-13-40(57)53-42(38)58/h4-5,8-10,12,14-21,24,26,38,55H,6-7,11,13,22-23,25,27-28H2,1-3H3,(H2,48,50,60)(H,53,57,58)(H2,49,51,52,54)/t38-/m0/s1. The fourth-order valence-electron chi connectivity index (χ4n) is 7.12. The number of amides is 5. The molecule has 19 heteroatoms. The Bertz CT molecular complexity index is 2660. The average molecular weight is 1020 g/mol. The molecule has 1 atom stereocenters. The number of benzene rings is 4. The summed E-state index contributed by atoms with van der Waals surface area (Å²) in [5, 5.41) is 14.5. The number of hydrogen-bond donors (Lipinski definition) is 6. The van der Waals surface area contributed by atoms with Gasteiger partial charge in [0.25, 0.3) is 5.91 Å². The third-order valence-corrected chi connectivity index (χ3v) is 12.8. The predicted molar refractivity (Wildman–Crippen MR) is 253 cm³/mol.